The molecular formula is C12H15F3N2O. The van der Waals surface area contributed by atoms with Gasteiger partial charge in [-0.15, -0.1) is 0 Å². The van der Waals surface area contributed by atoms with Crippen molar-refractivity contribution in [3.05, 3.63) is 35.4 Å². The number of carbonyl (C=O) groups is 1. The molecule has 3 nitrogen and oxygen atoms in total. The Morgan fingerprint density at radius 2 is 1.89 bits per heavy atom. The molecule has 0 saturated carbocycles. The highest BCUT2D eigenvalue weighted by Crippen LogP contribution is 2.29. The van der Waals surface area contributed by atoms with Crippen LogP contribution in [-0.2, 0) is 17.4 Å². The Morgan fingerprint density at radius 3 is 2.33 bits per heavy atom. The van der Waals surface area contributed by atoms with Crippen molar-refractivity contribution in [2.75, 3.05) is 6.54 Å². The van der Waals surface area contributed by atoms with Gasteiger partial charge in [-0.1, -0.05) is 12.1 Å². The fraction of sp³-hybridized carbons (Fsp3) is 0.417. The molecule has 0 aromatic heterocycles. The zero-order valence-corrected chi connectivity index (χ0v) is 9.92. The first kappa shape index (κ1) is 14.5. The van der Waals surface area contributed by atoms with Crippen molar-refractivity contribution in [1.29, 1.82) is 0 Å². The molecule has 0 aliphatic carbocycles. The summed E-state index contributed by atoms with van der Waals surface area (Å²) in [6.45, 7) is 2.24. The molecule has 100 valence electrons. The van der Waals surface area contributed by atoms with Gasteiger partial charge >= 0.3 is 6.18 Å². The third-order valence-electron chi connectivity index (χ3n) is 2.42. The van der Waals surface area contributed by atoms with Crippen LogP contribution in [0.15, 0.2) is 24.3 Å². The highest BCUT2D eigenvalue weighted by molar-refractivity contribution is 5.81. The molecule has 0 bridgehead atoms. The molecule has 0 aliphatic rings. The first-order chi connectivity index (χ1) is 8.34. The number of likely N-dealkylation sites (N-methyl/N-ethyl adjacent to an activating group) is 1. The first-order valence-corrected chi connectivity index (χ1v) is 5.54. The number of nitrogens with one attached hydrogen (secondary N) is 1. The number of hydrogen-bond acceptors (Lipinski definition) is 2. The lowest BCUT2D eigenvalue weighted by molar-refractivity contribution is -0.137. The van der Waals surface area contributed by atoms with Crippen molar-refractivity contribution in [2.24, 2.45) is 5.73 Å². The number of hydrogen-bond donors (Lipinski definition) is 2. The van der Waals surface area contributed by atoms with Crippen LogP contribution in [0.5, 0.6) is 0 Å². The van der Waals surface area contributed by atoms with E-state index in [1.165, 1.54) is 12.1 Å². The maximum absolute atomic E-state index is 12.3. The van der Waals surface area contributed by atoms with Gasteiger partial charge in [0.2, 0.25) is 5.91 Å². The van der Waals surface area contributed by atoms with E-state index < -0.39 is 17.8 Å². The summed E-state index contributed by atoms with van der Waals surface area (Å²) in [5, 5.41) is 2.56. The molecule has 0 radical (unpaired) electrons. The fourth-order valence-electron chi connectivity index (χ4n) is 1.48. The molecule has 1 amide bonds. The standard InChI is InChI=1S/C12H15F3N2O/c1-2-17-11(18)10(16)7-8-3-5-9(6-4-8)12(13,14)15/h3-6,10H,2,7,16H2,1H3,(H,17,18)/t10-/m0/s1. The maximum Gasteiger partial charge on any atom is 0.416 e. The predicted octanol–water partition coefficient (Wildman–Crippen LogP) is 1.71. The number of rotatable bonds is 4. The topological polar surface area (TPSA) is 55.1 Å². The normalized spacial score (nSPS) is 13.2. The Kier molecular flexibility index (Phi) is 4.72. The lowest BCUT2D eigenvalue weighted by Gasteiger charge is -2.12. The first-order valence-electron chi connectivity index (χ1n) is 5.54. The van der Waals surface area contributed by atoms with Crippen LogP contribution in [0.2, 0.25) is 0 Å². The monoisotopic (exact) mass is 260 g/mol. The Balaban J connectivity index is 2.67. The van der Waals surface area contributed by atoms with Crippen LogP contribution < -0.4 is 11.1 Å². The summed E-state index contributed by atoms with van der Waals surface area (Å²) in [6, 6.07) is 3.89. The van der Waals surface area contributed by atoms with Crippen LogP contribution in [0.1, 0.15) is 18.1 Å². The summed E-state index contributed by atoms with van der Waals surface area (Å²) in [5.74, 6) is -0.308. The molecule has 0 fully saturated rings. The van der Waals surface area contributed by atoms with Crippen molar-refractivity contribution < 1.29 is 18.0 Å². The smallest absolute Gasteiger partial charge is 0.355 e. The highest BCUT2D eigenvalue weighted by Gasteiger charge is 2.30. The second kappa shape index (κ2) is 5.86. The molecule has 1 aromatic carbocycles. The van der Waals surface area contributed by atoms with Gasteiger partial charge < -0.3 is 11.1 Å². The SMILES string of the molecule is CCNC(=O)[C@@H](N)Cc1ccc(C(F)(F)F)cc1. The summed E-state index contributed by atoms with van der Waals surface area (Å²) in [4.78, 5) is 11.4. The minimum absolute atomic E-state index is 0.212. The second-order valence-electron chi connectivity index (χ2n) is 3.90. The van der Waals surface area contributed by atoms with E-state index in [9.17, 15) is 18.0 Å². The Bertz CT molecular complexity index is 401. The fourth-order valence-corrected chi connectivity index (χ4v) is 1.48. The lowest BCUT2D eigenvalue weighted by Crippen LogP contribution is -2.41. The van der Waals surface area contributed by atoms with Crippen molar-refractivity contribution >= 4 is 5.91 Å². The summed E-state index contributed by atoms with van der Waals surface area (Å²) >= 11 is 0. The molecule has 0 aliphatic heterocycles. The molecule has 0 saturated heterocycles. The van der Waals surface area contributed by atoms with E-state index in [2.05, 4.69) is 5.32 Å². The number of carbonyl (C=O) groups excluding carboxylic acids is 1. The molecule has 1 aromatic rings. The number of amides is 1. The van der Waals surface area contributed by atoms with Crippen LogP contribution in [0.3, 0.4) is 0 Å². The summed E-state index contributed by atoms with van der Waals surface area (Å²) in [5.41, 5.74) is 5.51. The zero-order valence-electron chi connectivity index (χ0n) is 9.92. The predicted molar refractivity (Wildman–Crippen MR) is 61.8 cm³/mol. The van der Waals surface area contributed by atoms with Crippen molar-refractivity contribution in [3.63, 3.8) is 0 Å². The third kappa shape index (κ3) is 4.03. The Labute approximate surface area is 103 Å². The summed E-state index contributed by atoms with van der Waals surface area (Å²) in [7, 11) is 0. The number of alkyl halides is 3. The largest absolute Gasteiger partial charge is 0.416 e. The molecule has 1 rings (SSSR count). The van der Waals surface area contributed by atoms with Crippen LogP contribution in [0.4, 0.5) is 13.2 Å². The quantitative estimate of drug-likeness (QED) is 0.866. The van der Waals surface area contributed by atoms with E-state index in [-0.39, 0.29) is 12.3 Å². The van der Waals surface area contributed by atoms with Crippen molar-refractivity contribution in [2.45, 2.75) is 25.6 Å². The van der Waals surface area contributed by atoms with E-state index in [0.29, 0.717) is 12.1 Å². The molecular weight excluding hydrogens is 245 g/mol. The summed E-state index contributed by atoms with van der Waals surface area (Å²) < 4.78 is 37.0. The van der Waals surface area contributed by atoms with E-state index in [4.69, 9.17) is 5.73 Å². The van der Waals surface area contributed by atoms with Gasteiger partial charge in [0.1, 0.15) is 0 Å². The van der Waals surface area contributed by atoms with E-state index in [1.54, 1.807) is 6.92 Å². The molecule has 3 N–H and O–H groups in total. The minimum Gasteiger partial charge on any atom is -0.355 e. The average Bonchev–Trinajstić information content (AvgIpc) is 2.28. The molecule has 0 unspecified atom stereocenters. The Morgan fingerprint density at radius 1 is 1.33 bits per heavy atom. The molecule has 1 atom stereocenters. The Hall–Kier alpha value is -1.56. The number of nitrogens with two attached hydrogens (primary N) is 1. The summed E-state index contributed by atoms with van der Waals surface area (Å²) in [6.07, 6.45) is -4.13. The van der Waals surface area contributed by atoms with Gasteiger partial charge in [0, 0.05) is 6.54 Å². The van der Waals surface area contributed by atoms with Crippen LogP contribution >= 0.6 is 0 Å². The molecule has 6 heteroatoms. The van der Waals surface area contributed by atoms with Gasteiger partial charge in [0.05, 0.1) is 11.6 Å². The lowest BCUT2D eigenvalue weighted by atomic mass is 10.0. The highest BCUT2D eigenvalue weighted by atomic mass is 19.4. The zero-order chi connectivity index (χ0) is 13.8. The molecule has 0 heterocycles. The van der Waals surface area contributed by atoms with E-state index in [1.807, 2.05) is 0 Å². The van der Waals surface area contributed by atoms with Gasteiger partial charge in [-0.25, -0.2) is 0 Å². The minimum atomic E-state index is -4.35. The third-order valence-corrected chi connectivity index (χ3v) is 2.42. The molecule has 0 spiro atoms. The second-order valence-corrected chi connectivity index (χ2v) is 3.90. The van der Waals surface area contributed by atoms with Gasteiger partial charge in [0.15, 0.2) is 0 Å². The van der Waals surface area contributed by atoms with E-state index in [0.717, 1.165) is 12.1 Å². The van der Waals surface area contributed by atoms with E-state index >= 15 is 0 Å². The van der Waals surface area contributed by atoms with Crippen LogP contribution in [0.25, 0.3) is 0 Å². The number of benzene rings is 1. The molecule has 18 heavy (non-hydrogen) atoms. The van der Waals surface area contributed by atoms with Gasteiger partial charge in [0.25, 0.3) is 0 Å². The van der Waals surface area contributed by atoms with Gasteiger partial charge in [-0.2, -0.15) is 13.2 Å². The van der Waals surface area contributed by atoms with Crippen LogP contribution in [0, 0.1) is 0 Å². The van der Waals surface area contributed by atoms with Crippen molar-refractivity contribution in [1.82, 2.24) is 5.32 Å². The number of halogens is 3. The van der Waals surface area contributed by atoms with Gasteiger partial charge in [-0.05, 0) is 31.0 Å². The average molecular weight is 260 g/mol. The van der Waals surface area contributed by atoms with Gasteiger partial charge in [-0.3, -0.25) is 4.79 Å². The maximum atomic E-state index is 12.3. The van der Waals surface area contributed by atoms with Crippen LogP contribution in [-0.4, -0.2) is 18.5 Å². The van der Waals surface area contributed by atoms with Crippen molar-refractivity contribution in [3.8, 4) is 0 Å².